The first-order chi connectivity index (χ1) is 7.36. The lowest BCUT2D eigenvalue weighted by Gasteiger charge is -2.09. The van der Waals surface area contributed by atoms with Gasteiger partial charge in [0.1, 0.15) is 11.5 Å². The smallest absolute Gasteiger partial charge is 0.386 e. The van der Waals surface area contributed by atoms with E-state index in [-0.39, 0.29) is 11.7 Å². The number of aliphatic imine (C=N–C) groups is 1. The number of halogens is 5. The first-order valence-electron chi connectivity index (χ1n) is 4.11. The van der Waals surface area contributed by atoms with Crippen molar-refractivity contribution in [3.63, 3.8) is 0 Å². The summed E-state index contributed by atoms with van der Waals surface area (Å²) in [5, 5.41) is 0. The lowest BCUT2D eigenvalue weighted by molar-refractivity contribution is -0.139. The van der Waals surface area contributed by atoms with Crippen LogP contribution in [0.5, 0.6) is 0 Å². The maximum absolute atomic E-state index is 13.3. The van der Waals surface area contributed by atoms with Gasteiger partial charge in [0.25, 0.3) is 0 Å². The van der Waals surface area contributed by atoms with E-state index >= 15 is 0 Å². The molecule has 0 aliphatic heterocycles. The van der Waals surface area contributed by atoms with Gasteiger partial charge in [0.05, 0.1) is 11.4 Å². The molecule has 0 spiro atoms. The Kier molecular flexibility index (Phi) is 3.74. The SMILES string of the molecule is NC(CCl)=Nc1cccc(C(F)(F)F)c1F. The normalized spacial score (nSPS) is 12.9. The van der Waals surface area contributed by atoms with Gasteiger partial charge in [-0.3, -0.25) is 0 Å². The molecule has 0 aliphatic carbocycles. The standard InChI is InChI=1S/C9H7ClF4N2/c10-4-7(15)16-6-3-1-2-5(8(6)11)9(12,13)14/h1-3H,4H2,(H2,15,16). The van der Waals surface area contributed by atoms with E-state index in [0.717, 1.165) is 12.1 Å². The zero-order valence-corrected chi connectivity index (χ0v) is 8.61. The summed E-state index contributed by atoms with van der Waals surface area (Å²) >= 11 is 5.28. The van der Waals surface area contributed by atoms with E-state index in [1.165, 1.54) is 0 Å². The molecule has 0 bridgehead atoms. The van der Waals surface area contributed by atoms with Gasteiger partial charge < -0.3 is 5.73 Å². The molecule has 1 aromatic carbocycles. The van der Waals surface area contributed by atoms with E-state index in [9.17, 15) is 17.6 Å². The van der Waals surface area contributed by atoms with Gasteiger partial charge >= 0.3 is 6.18 Å². The summed E-state index contributed by atoms with van der Waals surface area (Å²) in [4.78, 5) is 3.44. The van der Waals surface area contributed by atoms with Crippen LogP contribution in [-0.4, -0.2) is 11.7 Å². The Morgan fingerprint density at radius 1 is 1.38 bits per heavy atom. The summed E-state index contributed by atoms with van der Waals surface area (Å²) in [6.07, 6.45) is -4.76. The summed E-state index contributed by atoms with van der Waals surface area (Å²) in [6.45, 7) is 0. The van der Waals surface area contributed by atoms with E-state index in [4.69, 9.17) is 17.3 Å². The monoisotopic (exact) mass is 254 g/mol. The quantitative estimate of drug-likeness (QED) is 0.375. The van der Waals surface area contributed by atoms with Crippen LogP contribution in [0.1, 0.15) is 5.56 Å². The highest BCUT2D eigenvalue weighted by Gasteiger charge is 2.34. The second-order valence-corrected chi connectivity index (χ2v) is 3.14. The van der Waals surface area contributed by atoms with Gasteiger partial charge in [0.2, 0.25) is 0 Å². The summed E-state index contributed by atoms with van der Waals surface area (Å²) in [6, 6.07) is 2.77. The molecular weight excluding hydrogens is 248 g/mol. The third-order valence-electron chi connectivity index (χ3n) is 1.68. The average molecular weight is 255 g/mol. The molecule has 0 aliphatic rings. The fourth-order valence-electron chi connectivity index (χ4n) is 1.01. The fourth-order valence-corrected chi connectivity index (χ4v) is 1.07. The van der Waals surface area contributed by atoms with Gasteiger partial charge in [-0.25, -0.2) is 9.38 Å². The number of benzene rings is 1. The summed E-state index contributed by atoms with van der Waals surface area (Å²) < 4.78 is 50.2. The minimum absolute atomic E-state index is 0.153. The summed E-state index contributed by atoms with van der Waals surface area (Å²) in [7, 11) is 0. The molecule has 2 N–H and O–H groups in total. The summed E-state index contributed by atoms with van der Waals surface area (Å²) in [5.41, 5.74) is 3.35. The number of rotatable bonds is 2. The van der Waals surface area contributed by atoms with Gasteiger partial charge in [0, 0.05) is 0 Å². The second kappa shape index (κ2) is 4.69. The molecule has 0 saturated carbocycles. The predicted molar refractivity (Wildman–Crippen MR) is 53.4 cm³/mol. The lowest BCUT2D eigenvalue weighted by atomic mass is 10.2. The van der Waals surface area contributed by atoms with Crippen molar-refractivity contribution in [1.82, 2.24) is 0 Å². The van der Waals surface area contributed by atoms with Crippen LogP contribution in [0.4, 0.5) is 23.2 Å². The number of nitrogens with zero attached hydrogens (tertiary/aromatic N) is 1. The Morgan fingerprint density at radius 2 is 2.00 bits per heavy atom. The van der Waals surface area contributed by atoms with Gasteiger partial charge in [-0.1, -0.05) is 6.07 Å². The van der Waals surface area contributed by atoms with Crippen molar-refractivity contribution in [2.45, 2.75) is 6.18 Å². The third-order valence-corrected chi connectivity index (χ3v) is 1.96. The van der Waals surface area contributed by atoms with Crippen molar-refractivity contribution in [2.75, 3.05) is 5.88 Å². The Labute approximate surface area is 93.7 Å². The van der Waals surface area contributed by atoms with Gasteiger partial charge in [-0.15, -0.1) is 11.6 Å². The Morgan fingerprint density at radius 3 is 2.50 bits per heavy atom. The van der Waals surface area contributed by atoms with Crippen molar-refractivity contribution in [3.05, 3.63) is 29.6 Å². The van der Waals surface area contributed by atoms with E-state index in [1.54, 1.807) is 0 Å². The highest BCUT2D eigenvalue weighted by Crippen LogP contribution is 2.34. The fraction of sp³-hybridized carbons (Fsp3) is 0.222. The maximum atomic E-state index is 13.3. The summed E-state index contributed by atoms with van der Waals surface area (Å²) in [5.74, 6) is -1.79. The van der Waals surface area contributed by atoms with Crippen molar-refractivity contribution in [3.8, 4) is 0 Å². The molecule has 16 heavy (non-hydrogen) atoms. The predicted octanol–water partition coefficient (Wildman–Crippen LogP) is 3.07. The molecule has 0 aromatic heterocycles. The first kappa shape index (κ1) is 12.8. The van der Waals surface area contributed by atoms with E-state index in [0.29, 0.717) is 6.07 Å². The number of amidine groups is 1. The van der Waals surface area contributed by atoms with Crippen molar-refractivity contribution < 1.29 is 17.6 Å². The molecule has 1 aromatic rings. The Balaban J connectivity index is 3.25. The van der Waals surface area contributed by atoms with Crippen LogP contribution in [0.15, 0.2) is 23.2 Å². The lowest BCUT2D eigenvalue weighted by Crippen LogP contribution is -2.13. The van der Waals surface area contributed by atoms with Crippen LogP contribution >= 0.6 is 11.6 Å². The molecule has 0 fully saturated rings. The Hall–Kier alpha value is -1.30. The second-order valence-electron chi connectivity index (χ2n) is 2.87. The highest BCUT2D eigenvalue weighted by molar-refractivity contribution is 6.28. The zero-order chi connectivity index (χ0) is 12.3. The van der Waals surface area contributed by atoms with Crippen LogP contribution in [-0.2, 0) is 6.18 Å². The first-order valence-corrected chi connectivity index (χ1v) is 4.64. The van der Waals surface area contributed by atoms with Crippen molar-refractivity contribution in [2.24, 2.45) is 10.7 Å². The maximum Gasteiger partial charge on any atom is 0.419 e. The third kappa shape index (κ3) is 2.85. The van der Waals surface area contributed by atoms with E-state index < -0.39 is 23.2 Å². The molecule has 0 radical (unpaired) electrons. The van der Waals surface area contributed by atoms with Crippen LogP contribution in [0.2, 0.25) is 0 Å². The van der Waals surface area contributed by atoms with Crippen LogP contribution in [0.3, 0.4) is 0 Å². The average Bonchev–Trinajstić information content (AvgIpc) is 2.19. The number of hydrogen-bond donors (Lipinski definition) is 1. The number of hydrogen-bond acceptors (Lipinski definition) is 1. The number of nitrogens with two attached hydrogens (primary N) is 1. The highest BCUT2D eigenvalue weighted by atomic mass is 35.5. The minimum Gasteiger partial charge on any atom is -0.386 e. The minimum atomic E-state index is -4.76. The van der Waals surface area contributed by atoms with E-state index in [2.05, 4.69) is 4.99 Å². The van der Waals surface area contributed by atoms with Gasteiger partial charge in [0.15, 0.2) is 5.82 Å². The molecule has 0 unspecified atom stereocenters. The molecule has 0 heterocycles. The van der Waals surface area contributed by atoms with Crippen molar-refractivity contribution >= 4 is 23.1 Å². The Bertz CT molecular complexity index is 414. The molecular formula is C9H7ClF4N2. The largest absolute Gasteiger partial charge is 0.419 e. The molecule has 7 heteroatoms. The molecule has 0 saturated heterocycles. The molecule has 0 amide bonds. The van der Waals surface area contributed by atoms with Gasteiger partial charge in [-0.2, -0.15) is 13.2 Å². The molecule has 2 nitrogen and oxygen atoms in total. The molecule has 0 atom stereocenters. The number of alkyl halides is 4. The van der Waals surface area contributed by atoms with Crippen LogP contribution < -0.4 is 5.73 Å². The van der Waals surface area contributed by atoms with Crippen molar-refractivity contribution in [1.29, 1.82) is 0 Å². The molecule has 88 valence electrons. The molecule has 1 rings (SSSR count). The zero-order valence-electron chi connectivity index (χ0n) is 7.85. The topological polar surface area (TPSA) is 38.4 Å². The van der Waals surface area contributed by atoms with Crippen LogP contribution in [0, 0.1) is 5.82 Å². The van der Waals surface area contributed by atoms with Crippen LogP contribution in [0.25, 0.3) is 0 Å². The van der Waals surface area contributed by atoms with E-state index in [1.807, 2.05) is 0 Å². The van der Waals surface area contributed by atoms with Gasteiger partial charge in [-0.05, 0) is 12.1 Å².